The molecule has 2 rings (SSSR count). The number of thiazole rings is 1. The highest BCUT2D eigenvalue weighted by molar-refractivity contribution is 7.15. The summed E-state index contributed by atoms with van der Waals surface area (Å²) in [4.78, 5) is 15.1. The second kappa shape index (κ2) is 5.83. The molecule has 1 aromatic heterocycles. The van der Waals surface area contributed by atoms with Crippen molar-refractivity contribution < 1.29 is 19.8 Å². The minimum absolute atomic E-state index is 0.397. The maximum atomic E-state index is 10.4. The lowest BCUT2D eigenvalue weighted by Gasteiger charge is -2.03. The van der Waals surface area contributed by atoms with Crippen molar-refractivity contribution in [3.05, 3.63) is 35.3 Å². The van der Waals surface area contributed by atoms with Gasteiger partial charge in [0, 0.05) is 5.69 Å². The molecule has 0 bridgehead atoms. The quantitative estimate of drug-likeness (QED) is 0.453. The summed E-state index contributed by atoms with van der Waals surface area (Å²) < 4.78 is 5.45. The zero-order valence-corrected chi connectivity index (χ0v) is 10.3. The molecule has 0 atom stereocenters. The fraction of sp³-hybridized carbons (Fsp3) is 0. The first kappa shape index (κ1) is 12.8. The van der Waals surface area contributed by atoms with Crippen LogP contribution in [0.25, 0.3) is 0 Å². The Kier molecular flexibility index (Phi) is 3.94. The Morgan fingerprint density at radius 2 is 2.16 bits per heavy atom. The number of amides is 1. The molecule has 0 spiro atoms. The highest BCUT2D eigenvalue weighted by atomic mass is 32.1. The van der Waals surface area contributed by atoms with Crippen LogP contribution in [0, 0.1) is 0 Å². The summed E-state index contributed by atoms with van der Waals surface area (Å²) in [6.45, 7) is 0. The second-order valence-electron chi connectivity index (χ2n) is 3.33. The summed E-state index contributed by atoms with van der Waals surface area (Å²) >= 11 is 1.21. The lowest BCUT2D eigenvalue weighted by atomic mass is 10.3. The van der Waals surface area contributed by atoms with Gasteiger partial charge in [0.25, 0.3) is 5.19 Å². The molecule has 0 saturated heterocycles. The molecule has 3 N–H and O–H groups in total. The Labute approximate surface area is 111 Å². The van der Waals surface area contributed by atoms with E-state index < -0.39 is 6.09 Å². The van der Waals surface area contributed by atoms with E-state index in [0.29, 0.717) is 21.5 Å². The van der Waals surface area contributed by atoms with Crippen LogP contribution in [0.3, 0.4) is 0 Å². The first-order valence-electron chi connectivity index (χ1n) is 5.08. The fourth-order valence-corrected chi connectivity index (χ4v) is 1.91. The molecule has 0 saturated carbocycles. The van der Waals surface area contributed by atoms with Crippen LogP contribution in [0.2, 0.25) is 0 Å². The molecule has 0 radical (unpaired) electrons. The summed E-state index contributed by atoms with van der Waals surface area (Å²) in [5, 5.41) is 22.4. The minimum Gasteiger partial charge on any atom is -0.465 e. The normalized spacial score (nSPS) is 10.5. The number of carboxylic acid groups (broad SMARTS) is 1. The lowest BCUT2D eigenvalue weighted by Crippen LogP contribution is -2.06. The van der Waals surface area contributed by atoms with Gasteiger partial charge in [-0.3, -0.25) is 5.32 Å². The van der Waals surface area contributed by atoms with Crippen molar-refractivity contribution in [2.24, 2.45) is 5.16 Å². The fourth-order valence-electron chi connectivity index (χ4n) is 1.26. The maximum absolute atomic E-state index is 10.4. The topological polar surface area (TPSA) is 104 Å². The summed E-state index contributed by atoms with van der Waals surface area (Å²) in [5.74, 6) is 0.526. The van der Waals surface area contributed by atoms with E-state index in [1.54, 1.807) is 24.3 Å². The summed E-state index contributed by atoms with van der Waals surface area (Å²) in [5.41, 5.74) is 0.451. The standard InChI is InChI=1S/C11H9N3O4S/c15-10(16)14-7-1-3-8(4-2-7)18-11-12-5-9(19-11)6-13-17/h1-6,14,17H,(H,15,16)/b13-6+. The van der Waals surface area contributed by atoms with Crippen molar-refractivity contribution in [3.63, 3.8) is 0 Å². The highest BCUT2D eigenvalue weighted by Gasteiger charge is 2.04. The number of benzene rings is 1. The van der Waals surface area contributed by atoms with Crippen molar-refractivity contribution in [1.82, 2.24) is 4.98 Å². The Balaban J connectivity index is 2.04. The number of nitrogens with zero attached hydrogens (tertiary/aromatic N) is 2. The predicted molar refractivity (Wildman–Crippen MR) is 69.7 cm³/mol. The number of rotatable bonds is 4. The summed E-state index contributed by atoms with van der Waals surface area (Å²) in [6, 6.07) is 6.39. The molecular formula is C11H9N3O4S. The van der Waals surface area contributed by atoms with Crippen LogP contribution in [-0.2, 0) is 0 Å². The van der Waals surface area contributed by atoms with Gasteiger partial charge in [0.15, 0.2) is 0 Å². The van der Waals surface area contributed by atoms with Crippen LogP contribution in [0.15, 0.2) is 35.6 Å². The number of hydrogen-bond donors (Lipinski definition) is 3. The van der Waals surface area contributed by atoms with Gasteiger partial charge in [-0.2, -0.15) is 0 Å². The number of nitrogens with one attached hydrogen (secondary N) is 1. The van der Waals surface area contributed by atoms with Crippen LogP contribution in [0.4, 0.5) is 10.5 Å². The third kappa shape index (κ3) is 3.68. The molecule has 0 aliphatic rings. The summed E-state index contributed by atoms with van der Waals surface area (Å²) in [7, 11) is 0. The van der Waals surface area contributed by atoms with Gasteiger partial charge in [-0.15, -0.1) is 0 Å². The van der Waals surface area contributed by atoms with E-state index in [0.717, 1.165) is 0 Å². The van der Waals surface area contributed by atoms with E-state index in [9.17, 15) is 4.79 Å². The molecule has 2 aromatic rings. The number of ether oxygens (including phenoxy) is 1. The van der Waals surface area contributed by atoms with E-state index in [-0.39, 0.29) is 0 Å². The first-order chi connectivity index (χ1) is 9.17. The third-order valence-electron chi connectivity index (χ3n) is 2.00. The van der Waals surface area contributed by atoms with E-state index in [1.165, 1.54) is 23.7 Å². The zero-order valence-electron chi connectivity index (χ0n) is 9.48. The molecule has 0 aliphatic carbocycles. The van der Waals surface area contributed by atoms with Crippen molar-refractivity contribution in [2.75, 3.05) is 5.32 Å². The van der Waals surface area contributed by atoms with Crippen molar-refractivity contribution >= 4 is 29.3 Å². The minimum atomic E-state index is -1.12. The van der Waals surface area contributed by atoms with Crippen molar-refractivity contribution in [1.29, 1.82) is 0 Å². The summed E-state index contributed by atoms with van der Waals surface area (Å²) in [6.07, 6.45) is 1.64. The second-order valence-corrected chi connectivity index (χ2v) is 4.35. The molecule has 0 aliphatic heterocycles. The Morgan fingerprint density at radius 3 is 2.79 bits per heavy atom. The molecular weight excluding hydrogens is 270 g/mol. The van der Waals surface area contributed by atoms with E-state index >= 15 is 0 Å². The van der Waals surface area contributed by atoms with Gasteiger partial charge in [-0.05, 0) is 24.3 Å². The number of anilines is 1. The Bertz CT molecular complexity index is 594. The third-order valence-corrected chi connectivity index (χ3v) is 2.81. The van der Waals surface area contributed by atoms with Gasteiger partial charge < -0.3 is 15.1 Å². The molecule has 0 unspecified atom stereocenters. The predicted octanol–water partition coefficient (Wildman–Crippen LogP) is 2.83. The highest BCUT2D eigenvalue weighted by Crippen LogP contribution is 2.26. The smallest absolute Gasteiger partial charge is 0.409 e. The maximum Gasteiger partial charge on any atom is 0.409 e. The van der Waals surface area contributed by atoms with Gasteiger partial charge in [0.2, 0.25) is 0 Å². The molecule has 19 heavy (non-hydrogen) atoms. The molecule has 0 fully saturated rings. The van der Waals surface area contributed by atoms with Gasteiger partial charge in [-0.1, -0.05) is 16.5 Å². The molecule has 1 heterocycles. The van der Waals surface area contributed by atoms with Gasteiger partial charge in [0.1, 0.15) is 5.75 Å². The Hall–Kier alpha value is -2.61. The van der Waals surface area contributed by atoms with E-state index in [2.05, 4.69) is 15.5 Å². The van der Waals surface area contributed by atoms with Crippen LogP contribution in [-0.4, -0.2) is 27.6 Å². The average molecular weight is 279 g/mol. The van der Waals surface area contributed by atoms with Gasteiger partial charge in [-0.25, -0.2) is 9.78 Å². The van der Waals surface area contributed by atoms with Gasteiger partial charge in [0.05, 0.1) is 17.3 Å². The number of aromatic nitrogens is 1. The number of oxime groups is 1. The van der Waals surface area contributed by atoms with Crippen LogP contribution < -0.4 is 10.1 Å². The Morgan fingerprint density at radius 1 is 1.42 bits per heavy atom. The molecule has 98 valence electrons. The average Bonchev–Trinajstić information content (AvgIpc) is 2.79. The molecule has 1 aromatic carbocycles. The zero-order chi connectivity index (χ0) is 13.7. The van der Waals surface area contributed by atoms with E-state index in [1.807, 2.05) is 0 Å². The largest absolute Gasteiger partial charge is 0.465 e. The SMILES string of the molecule is O=C(O)Nc1ccc(Oc2ncc(/C=N/O)s2)cc1. The molecule has 1 amide bonds. The van der Waals surface area contributed by atoms with Crippen LogP contribution >= 0.6 is 11.3 Å². The number of hydrogen-bond acceptors (Lipinski definition) is 6. The van der Waals surface area contributed by atoms with Crippen molar-refractivity contribution in [3.8, 4) is 10.9 Å². The monoisotopic (exact) mass is 279 g/mol. The molecule has 7 nitrogen and oxygen atoms in total. The van der Waals surface area contributed by atoms with E-state index in [4.69, 9.17) is 15.1 Å². The molecule has 8 heteroatoms. The number of carbonyl (C=O) groups is 1. The van der Waals surface area contributed by atoms with Crippen LogP contribution in [0.1, 0.15) is 4.88 Å². The van der Waals surface area contributed by atoms with Crippen molar-refractivity contribution in [2.45, 2.75) is 0 Å². The van der Waals surface area contributed by atoms with Gasteiger partial charge >= 0.3 is 6.09 Å². The lowest BCUT2D eigenvalue weighted by molar-refractivity contribution is 0.209. The first-order valence-corrected chi connectivity index (χ1v) is 5.90. The van der Waals surface area contributed by atoms with Crippen LogP contribution in [0.5, 0.6) is 10.9 Å².